The van der Waals surface area contributed by atoms with Crippen LogP contribution in [-0.4, -0.2) is 23.9 Å². The van der Waals surface area contributed by atoms with Crippen LogP contribution >= 0.6 is 11.6 Å². The fourth-order valence-corrected chi connectivity index (χ4v) is 1.67. The Morgan fingerprint density at radius 2 is 2.25 bits per heavy atom. The minimum atomic E-state index is -0.0865. The summed E-state index contributed by atoms with van der Waals surface area (Å²) in [6.45, 7) is 6.66. The standard InChI is InChI=1S/C12H15ClN2O/c1-3-5-15(4-2)12(16)9-6-10(13)8-11(14)7-9/h3,6-8H,1,4-5,14H2,2H3. The molecule has 0 radical (unpaired) electrons. The molecule has 0 spiro atoms. The van der Waals surface area contributed by atoms with Crippen molar-refractivity contribution in [2.45, 2.75) is 6.92 Å². The summed E-state index contributed by atoms with van der Waals surface area (Å²) in [6.07, 6.45) is 1.69. The van der Waals surface area contributed by atoms with Gasteiger partial charge in [-0.25, -0.2) is 0 Å². The highest BCUT2D eigenvalue weighted by molar-refractivity contribution is 6.31. The number of benzene rings is 1. The summed E-state index contributed by atoms with van der Waals surface area (Å²) in [7, 11) is 0. The number of hydrogen-bond acceptors (Lipinski definition) is 2. The number of hydrogen-bond donors (Lipinski definition) is 1. The minimum absolute atomic E-state index is 0.0865. The van der Waals surface area contributed by atoms with Crippen molar-refractivity contribution in [3.63, 3.8) is 0 Å². The zero-order chi connectivity index (χ0) is 12.1. The molecular weight excluding hydrogens is 224 g/mol. The summed E-state index contributed by atoms with van der Waals surface area (Å²) < 4.78 is 0. The molecule has 16 heavy (non-hydrogen) atoms. The fraction of sp³-hybridized carbons (Fsp3) is 0.250. The monoisotopic (exact) mass is 238 g/mol. The highest BCUT2D eigenvalue weighted by Crippen LogP contribution is 2.18. The van der Waals surface area contributed by atoms with Crippen LogP contribution in [0.1, 0.15) is 17.3 Å². The summed E-state index contributed by atoms with van der Waals surface area (Å²) >= 11 is 5.85. The third kappa shape index (κ3) is 3.00. The van der Waals surface area contributed by atoms with Crippen molar-refractivity contribution in [2.75, 3.05) is 18.8 Å². The average molecular weight is 239 g/mol. The molecule has 1 aromatic rings. The van der Waals surface area contributed by atoms with Gasteiger partial charge in [0, 0.05) is 29.4 Å². The fourth-order valence-electron chi connectivity index (χ4n) is 1.43. The van der Waals surface area contributed by atoms with E-state index in [9.17, 15) is 4.79 Å². The highest BCUT2D eigenvalue weighted by atomic mass is 35.5. The lowest BCUT2D eigenvalue weighted by Crippen LogP contribution is -2.30. The zero-order valence-corrected chi connectivity index (χ0v) is 10.00. The SMILES string of the molecule is C=CCN(CC)C(=O)c1cc(N)cc(Cl)c1. The number of halogens is 1. The van der Waals surface area contributed by atoms with Gasteiger partial charge in [-0.05, 0) is 25.1 Å². The van der Waals surface area contributed by atoms with Gasteiger partial charge in [-0.15, -0.1) is 6.58 Å². The Bertz CT molecular complexity index is 384. The molecule has 0 aliphatic rings. The lowest BCUT2D eigenvalue weighted by Gasteiger charge is -2.19. The van der Waals surface area contributed by atoms with Gasteiger partial charge in [0.25, 0.3) is 5.91 Å². The van der Waals surface area contributed by atoms with Crippen molar-refractivity contribution in [2.24, 2.45) is 0 Å². The number of carbonyl (C=O) groups is 1. The number of nitrogen functional groups attached to an aromatic ring is 1. The molecule has 0 aliphatic carbocycles. The van der Waals surface area contributed by atoms with Crippen LogP contribution < -0.4 is 5.73 Å². The summed E-state index contributed by atoms with van der Waals surface area (Å²) in [6, 6.07) is 4.86. The topological polar surface area (TPSA) is 46.3 Å². The summed E-state index contributed by atoms with van der Waals surface area (Å²) in [5.74, 6) is -0.0865. The van der Waals surface area contributed by atoms with Gasteiger partial charge in [-0.3, -0.25) is 4.79 Å². The molecule has 1 aromatic carbocycles. The zero-order valence-electron chi connectivity index (χ0n) is 9.24. The largest absolute Gasteiger partial charge is 0.399 e. The number of rotatable bonds is 4. The van der Waals surface area contributed by atoms with Crippen molar-refractivity contribution in [1.29, 1.82) is 0 Å². The van der Waals surface area contributed by atoms with Gasteiger partial charge in [0.1, 0.15) is 0 Å². The Balaban J connectivity index is 2.98. The van der Waals surface area contributed by atoms with Crippen LogP contribution in [0.4, 0.5) is 5.69 Å². The number of carbonyl (C=O) groups excluding carboxylic acids is 1. The smallest absolute Gasteiger partial charge is 0.254 e. The van der Waals surface area contributed by atoms with E-state index in [4.69, 9.17) is 17.3 Å². The van der Waals surface area contributed by atoms with Gasteiger partial charge < -0.3 is 10.6 Å². The molecule has 0 aromatic heterocycles. The molecule has 2 N–H and O–H groups in total. The van der Waals surface area contributed by atoms with E-state index < -0.39 is 0 Å². The van der Waals surface area contributed by atoms with E-state index in [1.165, 1.54) is 0 Å². The van der Waals surface area contributed by atoms with Crippen LogP contribution in [0.3, 0.4) is 0 Å². The summed E-state index contributed by atoms with van der Waals surface area (Å²) in [4.78, 5) is 13.7. The van der Waals surface area contributed by atoms with E-state index >= 15 is 0 Å². The quantitative estimate of drug-likeness (QED) is 0.647. The van der Waals surface area contributed by atoms with Crippen molar-refractivity contribution in [3.8, 4) is 0 Å². The van der Waals surface area contributed by atoms with Gasteiger partial charge in [0.15, 0.2) is 0 Å². The van der Waals surface area contributed by atoms with E-state index in [-0.39, 0.29) is 5.91 Å². The Morgan fingerprint density at radius 3 is 2.75 bits per heavy atom. The van der Waals surface area contributed by atoms with E-state index in [1.807, 2.05) is 6.92 Å². The maximum atomic E-state index is 12.0. The van der Waals surface area contributed by atoms with Crippen molar-refractivity contribution in [3.05, 3.63) is 41.4 Å². The number of nitrogens with two attached hydrogens (primary N) is 1. The number of nitrogens with zero attached hydrogens (tertiary/aromatic N) is 1. The second-order valence-electron chi connectivity index (χ2n) is 3.41. The maximum absolute atomic E-state index is 12.0. The van der Waals surface area contributed by atoms with E-state index in [0.717, 1.165) is 0 Å². The molecule has 1 amide bonds. The van der Waals surface area contributed by atoms with E-state index in [0.29, 0.717) is 29.4 Å². The predicted octanol–water partition coefficient (Wildman–Crippen LogP) is 2.57. The van der Waals surface area contributed by atoms with E-state index in [1.54, 1.807) is 29.2 Å². The molecule has 0 unspecified atom stereocenters. The lowest BCUT2D eigenvalue weighted by atomic mass is 10.1. The normalized spacial score (nSPS) is 9.88. The molecule has 0 saturated carbocycles. The van der Waals surface area contributed by atoms with Crippen LogP contribution in [0.2, 0.25) is 5.02 Å². The first-order valence-electron chi connectivity index (χ1n) is 5.04. The van der Waals surface area contributed by atoms with Crippen LogP contribution in [0.5, 0.6) is 0 Å². The molecule has 0 atom stereocenters. The molecule has 0 aliphatic heterocycles. The second kappa shape index (κ2) is 5.56. The van der Waals surface area contributed by atoms with Crippen molar-refractivity contribution >= 4 is 23.2 Å². The van der Waals surface area contributed by atoms with Crippen LogP contribution in [-0.2, 0) is 0 Å². The minimum Gasteiger partial charge on any atom is -0.399 e. The summed E-state index contributed by atoms with van der Waals surface area (Å²) in [5, 5.41) is 0.470. The molecule has 1 rings (SSSR count). The number of amides is 1. The van der Waals surface area contributed by atoms with Gasteiger partial charge in [0.05, 0.1) is 0 Å². The average Bonchev–Trinajstić information content (AvgIpc) is 2.23. The van der Waals surface area contributed by atoms with Gasteiger partial charge in [-0.2, -0.15) is 0 Å². The molecule has 0 fully saturated rings. The molecule has 86 valence electrons. The summed E-state index contributed by atoms with van der Waals surface area (Å²) in [5.41, 5.74) is 6.64. The predicted molar refractivity (Wildman–Crippen MR) is 67.6 cm³/mol. The molecule has 4 heteroatoms. The Hall–Kier alpha value is -1.48. The highest BCUT2D eigenvalue weighted by Gasteiger charge is 2.13. The van der Waals surface area contributed by atoms with Gasteiger partial charge >= 0.3 is 0 Å². The Morgan fingerprint density at radius 1 is 1.56 bits per heavy atom. The second-order valence-corrected chi connectivity index (χ2v) is 3.84. The van der Waals surface area contributed by atoms with Gasteiger partial charge in [0.2, 0.25) is 0 Å². The van der Waals surface area contributed by atoms with Gasteiger partial charge in [-0.1, -0.05) is 17.7 Å². The molecule has 0 heterocycles. The van der Waals surface area contributed by atoms with Crippen LogP contribution in [0.25, 0.3) is 0 Å². The molecule has 3 nitrogen and oxygen atoms in total. The Kier molecular flexibility index (Phi) is 4.38. The molecular formula is C12H15ClN2O. The maximum Gasteiger partial charge on any atom is 0.254 e. The third-order valence-electron chi connectivity index (χ3n) is 2.19. The van der Waals surface area contributed by atoms with Crippen LogP contribution in [0, 0.1) is 0 Å². The molecule has 0 saturated heterocycles. The molecule has 0 bridgehead atoms. The first-order chi connectivity index (χ1) is 7.58. The van der Waals surface area contributed by atoms with E-state index in [2.05, 4.69) is 6.58 Å². The number of likely N-dealkylation sites (N-methyl/N-ethyl adjacent to an activating group) is 1. The Labute approximate surface area is 100 Å². The van der Waals surface area contributed by atoms with Crippen molar-refractivity contribution < 1.29 is 4.79 Å². The lowest BCUT2D eigenvalue weighted by molar-refractivity contribution is 0.0782. The first kappa shape index (κ1) is 12.6. The number of anilines is 1. The van der Waals surface area contributed by atoms with Crippen LogP contribution in [0.15, 0.2) is 30.9 Å². The first-order valence-corrected chi connectivity index (χ1v) is 5.42. The third-order valence-corrected chi connectivity index (χ3v) is 2.40. The van der Waals surface area contributed by atoms with Crippen molar-refractivity contribution in [1.82, 2.24) is 4.90 Å².